The van der Waals surface area contributed by atoms with Gasteiger partial charge in [0.05, 0.1) is 28.2 Å². The van der Waals surface area contributed by atoms with Crippen LogP contribution in [0.25, 0.3) is 11.3 Å². The number of thiophene rings is 1. The molecule has 3 heterocycles. The number of hydrogen-bond acceptors (Lipinski definition) is 6. The van der Waals surface area contributed by atoms with E-state index in [4.69, 9.17) is 11.6 Å². The van der Waals surface area contributed by atoms with Gasteiger partial charge >= 0.3 is 0 Å². The number of rotatable bonds is 5. The van der Waals surface area contributed by atoms with Crippen LogP contribution >= 0.6 is 22.9 Å². The molecule has 1 aliphatic heterocycles. The van der Waals surface area contributed by atoms with Gasteiger partial charge in [-0.15, -0.1) is 11.3 Å². The van der Waals surface area contributed by atoms with Crippen LogP contribution in [0.4, 0.5) is 24.5 Å². The van der Waals surface area contributed by atoms with Crippen molar-refractivity contribution in [1.29, 1.82) is 0 Å². The van der Waals surface area contributed by atoms with Crippen LogP contribution in [0.1, 0.15) is 27.4 Å². The maximum atomic E-state index is 15.0. The number of sulfone groups is 1. The van der Waals surface area contributed by atoms with Crippen LogP contribution in [0.2, 0.25) is 5.02 Å². The number of nitrogens with zero attached hydrogens (tertiary/aromatic N) is 2. The van der Waals surface area contributed by atoms with Crippen molar-refractivity contribution < 1.29 is 26.4 Å². The van der Waals surface area contributed by atoms with Gasteiger partial charge in [-0.1, -0.05) is 11.6 Å². The molecule has 1 aliphatic rings. The van der Waals surface area contributed by atoms with Crippen molar-refractivity contribution in [3.8, 4) is 11.3 Å². The molecule has 1 fully saturated rings. The molecule has 6 nitrogen and oxygen atoms in total. The first-order valence-corrected chi connectivity index (χ1v) is 13.6. The molecule has 3 aromatic rings. The van der Waals surface area contributed by atoms with E-state index >= 15 is 0 Å². The van der Waals surface area contributed by atoms with Crippen LogP contribution < -0.4 is 10.2 Å². The van der Waals surface area contributed by atoms with Gasteiger partial charge < -0.3 is 10.2 Å². The number of carbonyl (C=O) groups excluding carboxylic acids is 1. The summed E-state index contributed by atoms with van der Waals surface area (Å²) >= 11 is 7.10. The van der Waals surface area contributed by atoms with Gasteiger partial charge in [-0.25, -0.2) is 21.6 Å². The third-order valence-electron chi connectivity index (χ3n) is 5.54. The molecule has 1 aromatic carbocycles. The number of carbonyl (C=O) groups is 1. The van der Waals surface area contributed by atoms with Crippen LogP contribution in [0.5, 0.6) is 0 Å². The summed E-state index contributed by atoms with van der Waals surface area (Å²) in [6.45, 7) is 1.61. The van der Waals surface area contributed by atoms with E-state index in [9.17, 15) is 26.4 Å². The van der Waals surface area contributed by atoms with Crippen molar-refractivity contribution >= 4 is 50.1 Å². The average Bonchev–Trinajstić information content (AvgIpc) is 3.13. The van der Waals surface area contributed by atoms with E-state index in [1.807, 2.05) is 0 Å². The van der Waals surface area contributed by atoms with E-state index in [0.717, 1.165) is 17.6 Å². The fourth-order valence-electron chi connectivity index (χ4n) is 3.86. The molecule has 186 valence electrons. The average molecular weight is 544 g/mol. The molecule has 0 saturated carbocycles. The lowest BCUT2D eigenvalue weighted by Gasteiger charge is -2.33. The minimum atomic E-state index is -3.54. The molecule has 4 rings (SSSR count). The highest BCUT2D eigenvalue weighted by atomic mass is 35.5. The Morgan fingerprint density at radius 3 is 2.63 bits per heavy atom. The molecule has 0 bridgehead atoms. The third-order valence-corrected chi connectivity index (χ3v) is 7.90. The Kier molecular flexibility index (Phi) is 6.87. The molecule has 0 aliphatic carbocycles. The van der Waals surface area contributed by atoms with Gasteiger partial charge in [0.25, 0.3) is 11.8 Å². The van der Waals surface area contributed by atoms with E-state index in [-0.39, 0.29) is 38.3 Å². The summed E-state index contributed by atoms with van der Waals surface area (Å²) in [4.78, 5) is 19.2. The second kappa shape index (κ2) is 9.44. The number of halogens is 4. The molecule has 0 atom stereocenters. The molecule has 0 spiro atoms. The van der Waals surface area contributed by atoms with E-state index in [0.29, 0.717) is 23.4 Å². The van der Waals surface area contributed by atoms with Gasteiger partial charge in [-0.05, 0) is 37.6 Å². The zero-order chi connectivity index (χ0) is 25.5. The van der Waals surface area contributed by atoms with Gasteiger partial charge in [-0.2, -0.15) is 0 Å². The fraction of sp³-hybridized carbons (Fsp3) is 0.304. The van der Waals surface area contributed by atoms with Crippen molar-refractivity contribution in [2.75, 3.05) is 29.6 Å². The smallest absolute Gasteiger partial charge is 0.265 e. The summed E-state index contributed by atoms with van der Waals surface area (Å²) in [6, 6.07) is 6.66. The predicted molar refractivity (Wildman–Crippen MR) is 131 cm³/mol. The van der Waals surface area contributed by atoms with E-state index in [1.165, 1.54) is 41.4 Å². The number of piperidine rings is 1. The Labute approximate surface area is 209 Å². The van der Waals surface area contributed by atoms with Crippen molar-refractivity contribution in [2.24, 2.45) is 0 Å². The number of aryl methyl sites for hydroxylation is 1. The number of aromatic nitrogens is 1. The SMILES string of the molecule is Cc1sc(C(=O)Nc2cc(Cl)cc(S(C)(=O)=O)c2)cc1-c1ncc(N2CCCC(F)(F)C2)cc1F. The van der Waals surface area contributed by atoms with Crippen LogP contribution in [-0.2, 0) is 9.84 Å². The van der Waals surface area contributed by atoms with Crippen molar-refractivity contribution in [3.05, 3.63) is 57.1 Å². The normalized spacial score (nSPS) is 15.8. The predicted octanol–water partition coefficient (Wildman–Crippen LogP) is 5.80. The minimum Gasteiger partial charge on any atom is -0.364 e. The summed E-state index contributed by atoms with van der Waals surface area (Å²) < 4.78 is 66.1. The highest BCUT2D eigenvalue weighted by Crippen LogP contribution is 2.35. The van der Waals surface area contributed by atoms with Crippen LogP contribution in [0.3, 0.4) is 0 Å². The van der Waals surface area contributed by atoms with Crippen LogP contribution in [0, 0.1) is 12.7 Å². The Morgan fingerprint density at radius 2 is 1.97 bits per heavy atom. The summed E-state index contributed by atoms with van der Waals surface area (Å²) in [6.07, 6.45) is 2.50. The van der Waals surface area contributed by atoms with Crippen molar-refractivity contribution in [2.45, 2.75) is 30.6 Å². The second-order valence-electron chi connectivity index (χ2n) is 8.39. The van der Waals surface area contributed by atoms with Crippen LogP contribution in [0.15, 0.2) is 41.4 Å². The summed E-state index contributed by atoms with van der Waals surface area (Å²) in [7, 11) is -3.54. The number of benzene rings is 1. The van der Waals surface area contributed by atoms with Crippen LogP contribution in [-0.4, -0.2) is 44.6 Å². The molecule has 12 heteroatoms. The van der Waals surface area contributed by atoms with E-state index in [2.05, 4.69) is 10.3 Å². The summed E-state index contributed by atoms with van der Waals surface area (Å²) in [5.41, 5.74) is 0.880. The van der Waals surface area contributed by atoms with Gasteiger partial charge in [0, 0.05) is 46.4 Å². The van der Waals surface area contributed by atoms with Crippen molar-refractivity contribution in [1.82, 2.24) is 4.98 Å². The van der Waals surface area contributed by atoms with Crippen molar-refractivity contribution in [3.63, 3.8) is 0 Å². The third kappa shape index (κ3) is 5.79. The molecule has 1 amide bonds. The highest BCUT2D eigenvalue weighted by molar-refractivity contribution is 7.90. The minimum absolute atomic E-state index is 0.00689. The lowest BCUT2D eigenvalue weighted by molar-refractivity contribution is -0.0117. The number of anilines is 2. The number of amides is 1. The first-order chi connectivity index (χ1) is 16.3. The zero-order valence-electron chi connectivity index (χ0n) is 18.7. The van der Waals surface area contributed by atoms with Gasteiger partial charge in [-0.3, -0.25) is 9.78 Å². The quantitative estimate of drug-likeness (QED) is 0.440. The van der Waals surface area contributed by atoms with Gasteiger partial charge in [0.15, 0.2) is 15.7 Å². The Bertz CT molecular complexity index is 1410. The molecular weight excluding hydrogens is 523 g/mol. The monoisotopic (exact) mass is 543 g/mol. The van der Waals surface area contributed by atoms with E-state index < -0.39 is 34.0 Å². The molecule has 0 radical (unpaired) electrons. The molecule has 0 unspecified atom stereocenters. The summed E-state index contributed by atoms with van der Waals surface area (Å²) in [5.74, 6) is -4.04. The largest absolute Gasteiger partial charge is 0.364 e. The maximum Gasteiger partial charge on any atom is 0.265 e. The number of alkyl halides is 2. The first kappa shape index (κ1) is 25.5. The Morgan fingerprint density at radius 1 is 1.23 bits per heavy atom. The lowest BCUT2D eigenvalue weighted by atomic mass is 10.1. The first-order valence-electron chi connectivity index (χ1n) is 10.5. The Hall–Kier alpha value is -2.63. The zero-order valence-corrected chi connectivity index (χ0v) is 21.1. The lowest BCUT2D eigenvalue weighted by Crippen LogP contribution is -2.42. The fourth-order valence-corrected chi connectivity index (χ4v) is 5.75. The van der Waals surface area contributed by atoms with Gasteiger partial charge in [0.1, 0.15) is 5.69 Å². The highest BCUT2D eigenvalue weighted by Gasteiger charge is 2.35. The number of nitrogens with one attached hydrogen (secondary N) is 1. The molecular formula is C23H21ClF3N3O3S2. The topological polar surface area (TPSA) is 79.4 Å². The second-order valence-corrected chi connectivity index (χ2v) is 12.1. The number of hydrogen-bond donors (Lipinski definition) is 1. The van der Waals surface area contributed by atoms with E-state index in [1.54, 1.807) is 6.92 Å². The molecule has 35 heavy (non-hydrogen) atoms. The molecule has 1 saturated heterocycles. The Balaban J connectivity index is 1.57. The standard InChI is InChI=1S/C23H21ClF3N3O3S2/c1-13-18(21-19(25)9-16(11-28-21)30-5-3-4-23(26,27)12-30)10-20(34-13)22(31)29-15-6-14(24)7-17(8-15)35(2,32)33/h6-11H,3-5,12H2,1-2H3,(H,29,31). The van der Waals surface area contributed by atoms with Gasteiger partial charge in [0.2, 0.25) is 0 Å². The summed E-state index contributed by atoms with van der Waals surface area (Å²) in [5, 5.41) is 2.75. The number of pyridine rings is 1. The molecule has 1 N–H and O–H groups in total. The molecule has 2 aromatic heterocycles. The maximum absolute atomic E-state index is 15.0.